The van der Waals surface area contributed by atoms with E-state index in [-0.39, 0.29) is 17.8 Å². The molecule has 4 heteroatoms. The normalized spacial score (nSPS) is 19.5. The number of ether oxygens (including phenoxy) is 1. The van der Waals surface area contributed by atoms with E-state index in [0.29, 0.717) is 19.4 Å². The molecule has 3 nitrogen and oxygen atoms in total. The number of likely N-dealkylation sites (tertiary alicyclic amines) is 1. The summed E-state index contributed by atoms with van der Waals surface area (Å²) in [5, 5.41) is 0. The van der Waals surface area contributed by atoms with Crippen LogP contribution in [-0.4, -0.2) is 37.1 Å². The Morgan fingerprint density at radius 2 is 2.37 bits per heavy atom. The molecule has 0 aromatic heterocycles. The molecular weight excluding hydrogens is 245 g/mol. The molecule has 1 aromatic rings. The van der Waals surface area contributed by atoms with Crippen LogP contribution < -0.4 is 0 Å². The van der Waals surface area contributed by atoms with Crippen molar-refractivity contribution >= 4 is 5.91 Å². The largest absolute Gasteiger partial charge is 0.380 e. The average Bonchev–Trinajstić information content (AvgIpc) is 2.45. The highest BCUT2D eigenvalue weighted by atomic mass is 19.1. The monoisotopic (exact) mass is 265 g/mol. The van der Waals surface area contributed by atoms with Gasteiger partial charge in [0.2, 0.25) is 5.91 Å². The minimum absolute atomic E-state index is 0.131. The lowest BCUT2D eigenvalue weighted by atomic mass is 10.1. The molecule has 1 aliphatic rings. The number of amides is 1. The number of carbonyl (C=O) groups excluding carboxylic acids is 1. The van der Waals surface area contributed by atoms with Gasteiger partial charge in [-0.05, 0) is 37.0 Å². The number of aryl methyl sites for hydroxylation is 1. The van der Waals surface area contributed by atoms with Crippen LogP contribution in [0.25, 0.3) is 0 Å². The van der Waals surface area contributed by atoms with E-state index in [1.807, 2.05) is 11.0 Å². The molecule has 0 unspecified atom stereocenters. The average molecular weight is 265 g/mol. The number of rotatable bonds is 4. The zero-order valence-electron chi connectivity index (χ0n) is 11.3. The van der Waals surface area contributed by atoms with E-state index >= 15 is 0 Å². The number of hydrogen-bond donors (Lipinski definition) is 0. The van der Waals surface area contributed by atoms with Crippen molar-refractivity contribution in [3.63, 3.8) is 0 Å². The lowest BCUT2D eigenvalue weighted by Crippen LogP contribution is -2.42. The minimum atomic E-state index is -0.248. The van der Waals surface area contributed by atoms with Crippen molar-refractivity contribution in [1.29, 1.82) is 0 Å². The first-order valence-corrected chi connectivity index (χ1v) is 6.74. The Bertz CT molecular complexity index is 436. The number of halogens is 1. The molecule has 0 N–H and O–H groups in total. The fraction of sp³-hybridized carbons (Fsp3) is 0.533. The highest BCUT2D eigenvalue weighted by Gasteiger charge is 2.22. The van der Waals surface area contributed by atoms with Crippen molar-refractivity contribution in [2.45, 2.75) is 31.8 Å². The molecule has 0 bridgehead atoms. The summed E-state index contributed by atoms with van der Waals surface area (Å²) >= 11 is 0. The van der Waals surface area contributed by atoms with E-state index in [2.05, 4.69) is 0 Å². The third-order valence-electron chi connectivity index (χ3n) is 3.58. The summed E-state index contributed by atoms with van der Waals surface area (Å²) in [7, 11) is 1.69. The summed E-state index contributed by atoms with van der Waals surface area (Å²) in [5.41, 5.74) is 0.869. The van der Waals surface area contributed by atoms with Crippen molar-refractivity contribution in [3.05, 3.63) is 35.6 Å². The Morgan fingerprint density at radius 1 is 1.53 bits per heavy atom. The van der Waals surface area contributed by atoms with Gasteiger partial charge in [-0.1, -0.05) is 12.1 Å². The second-order valence-corrected chi connectivity index (χ2v) is 4.97. The topological polar surface area (TPSA) is 29.5 Å². The molecule has 104 valence electrons. The molecule has 1 heterocycles. The van der Waals surface area contributed by atoms with Gasteiger partial charge in [0.05, 0.1) is 6.10 Å². The second kappa shape index (κ2) is 6.66. The van der Waals surface area contributed by atoms with Crippen LogP contribution in [0.15, 0.2) is 24.3 Å². The van der Waals surface area contributed by atoms with Gasteiger partial charge < -0.3 is 9.64 Å². The third-order valence-corrected chi connectivity index (χ3v) is 3.58. The van der Waals surface area contributed by atoms with Gasteiger partial charge in [-0.2, -0.15) is 0 Å². The molecule has 1 aliphatic heterocycles. The van der Waals surface area contributed by atoms with Gasteiger partial charge in [0.25, 0.3) is 0 Å². The molecule has 19 heavy (non-hydrogen) atoms. The molecule has 1 amide bonds. The predicted molar refractivity (Wildman–Crippen MR) is 71.3 cm³/mol. The zero-order valence-corrected chi connectivity index (χ0v) is 11.3. The van der Waals surface area contributed by atoms with Gasteiger partial charge in [-0.3, -0.25) is 4.79 Å². The van der Waals surface area contributed by atoms with Gasteiger partial charge in [0.1, 0.15) is 5.82 Å². The van der Waals surface area contributed by atoms with E-state index in [4.69, 9.17) is 4.74 Å². The maximum absolute atomic E-state index is 13.0. The lowest BCUT2D eigenvalue weighted by molar-refractivity contribution is -0.134. The molecule has 2 rings (SSSR count). The van der Waals surface area contributed by atoms with Crippen molar-refractivity contribution in [1.82, 2.24) is 4.90 Å². The quantitative estimate of drug-likeness (QED) is 0.836. The van der Waals surface area contributed by atoms with Crippen LogP contribution in [0.2, 0.25) is 0 Å². The Hall–Kier alpha value is -1.42. The van der Waals surface area contributed by atoms with Gasteiger partial charge in [-0.25, -0.2) is 4.39 Å². The first kappa shape index (κ1) is 14.0. The Kier molecular flexibility index (Phi) is 4.91. The number of carbonyl (C=O) groups is 1. The fourth-order valence-electron chi connectivity index (χ4n) is 2.46. The van der Waals surface area contributed by atoms with Crippen molar-refractivity contribution in [3.8, 4) is 0 Å². The maximum atomic E-state index is 13.0. The van der Waals surface area contributed by atoms with Gasteiger partial charge in [0, 0.05) is 26.6 Å². The van der Waals surface area contributed by atoms with Crippen molar-refractivity contribution in [2.75, 3.05) is 20.2 Å². The smallest absolute Gasteiger partial charge is 0.222 e. The Labute approximate surface area is 113 Å². The van der Waals surface area contributed by atoms with Crippen LogP contribution in [-0.2, 0) is 16.0 Å². The van der Waals surface area contributed by atoms with Crippen LogP contribution in [0.3, 0.4) is 0 Å². The molecule has 1 aromatic carbocycles. The van der Waals surface area contributed by atoms with E-state index in [9.17, 15) is 9.18 Å². The highest BCUT2D eigenvalue weighted by Crippen LogP contribution is 2.14. The number of hydrogen-bond acceptors (Lipinski definition) is 2. The highest BCUT2D eigenvalue weighted by molar-refractivity contribution is 5.76. The molecule has 1 fully saturated rings. The van der Waals surface area contributed by atoms with Crippen LogP contribution in [0.4, 0.5) is 4.39 Å². The third kappa shape index (κ3) is 4.03. The summed E-state index contributed by atoms with van der Waals surface area (Å²) < 4.78 is 18.3. The molecule has 1 atom stereocenters. The first-order chi connectivity index (χ1) is 9.19. The molecule has 0 saturated carbocycles. The summed E-state index contributed by atoms with van der Waals surface area (Å²) in [6.45, 7) is 1.49. The van der Waals surface area contributed by atoms with Crippen LogP contribution in [0.1, 0.15) is 24.8 Å². The van der Waals surface area contributed by atoms with Crippen molar-refractivity contribution in [2.24, 2.45) is 0 Å². The SMILES string of the molecule is CO[C@@H]1CCCN(C(=O)CCc2cccc(F)c2)C1. The standard InChI is InChI=1S/C15H20FNO2/c1-19-14-6-3-9-17(11-14)15(18)8-7-12-4-2-5-13(16)10-12/h2,4-5,10,14H,3,6-9,11H2,1H3/t14-/m1/s1. The van der Waals surface area contributed by atoms with Crippen molar-refractivity contribution < 1.29 is 13.9 Å². The fourth-order valence-corrected chi connectivity index (χ4v) is 2.46. The van der Waals surface area contributed by atoms with Crippen LogP contribution in [0, 0.1) is 5.82 Å². The second-order valence-electron chi connectivity index (χ2n) is 4.97. The van der Waals surface area contributed by atoms with E-state index in [1.165, 1.54) is 12.1 Å². The lowest BCUT2D eigenvalue weighted by Gasteiger charge is -2.32. The van der Waals surface area contributed by atoms with Gasteiger partial charge >= 0.3 is 0 Å². The molecule has 0 radical (unpaired) electrons. The molecular formula is C15H20FNO2. The Morgan fingerprint density at radius 3 is 3.11 bits per heavy atom. The Balaban J connectivity index is 1.84. The maximum Gasteiger partial charge on any atom is 0.222 e. The van der Waals surface area contributed by atoms with E-state index in [0.717, 1.165) is 24.9 Å². The van der Waals surface area contributed by atoms with Crippen LogP contribution in [0.5, 0.6) is 0 Å². The van der Waals surface area contributed by atoms with Gasteiger partial charge in [0.15, 0.2) is 0 Å². The van der Waals surface area contributed by atoms with E-state index in [1.54, 1.807) is 13.2 Å². The summed E-state index contributed by atoms with van der Waals surface area (Å²) in [6.07, 6.45) is 3.19. The van der Waals surface area contributed by atoms with E-state index < -0.39 is 0 Å². The minimum Gasteiger partial charge on any atom is -0.380 e. The number of nitrogens with zero attached hydrogens (tertiary/aromatic N) is 1. The molecule has 1 saturated heterocycles. The summed E-state index contributed by atoms with van der Waals surface area (Å²) in [4.78, 5) is 14.0. The summed E-state index contributed by atoms with van der Waals surface area (Å²) in [5.74, 6) is -0.117. The number of benzene rings is 1. The zero-order chi connectivity index (χ0) is 13.7. The molecule has 0 aliphatic carbocycles. The number of methoxy groups -OCH3 is 1. The summed E-state index contributed by atoms with van der Waals surface area (Å²) in [6, 6.07) is 6.43. The van der Waals surface area contributed by atoms with Crippen LogP contribution >= 0.6 is 0 Å². The predicted octanol–water partition coefficient (Wildman–Crippen LogP) is 2.40. The molecule has 0 spiro atoms. The van der Waals surface area contributed by atoms with Gasteiger partial charge in [-0.15, -0.1) is 0 Å². The number of piperidine rings is 1. The first-order valence-electron chi connectivity index (χ1n) is 6.74.